The first kappa shape index (κ1) is 11.6. The minimum Gasteiger partial charge on any atom is -0.480 e. The van der Waals surface area contributed by atoms with Crippen LogP contribution in [0.3, 0.4) is 0 Å². The molecule has 1 aromatic heterocycles. The van der Waals surface area contributed by atoms with Gasteiger partial charge in [-0.15, -0.1) is 0 Å². The average Bonchev–Trinajstić information content (AvgIpc) is 2.09. The van der Waals surface area contributed by atoms with Crippen molar-refractivity contribution in [2.45, 2.75) is 12.5 Å². The highest BCUT2D eigenvalue weighted by molar-refractivity contribution is 9.13. The molecule has 0 fully saturated rings. The van der Waals surface area contributed by atoms with Gasteiger partial charge in [0, 0.05) is 11.8 Å². The second-order valence-corrected chi connectivity index (χ2v) is 4.61. The number of carboxylic acids is 1. The molecule has 0 spiro atoms. The van der Waals surface area contributed by atoms with Crippen LogP contribution in [0.2, 0.25) is 0 Å². The molecule has 0 saturated carbocycles. The van der Waals surface area contributed by atoms with Crippen LogP contribution in [-0.2, 0) is 10.3 Å². The molecular formula is C8H8Br2N2O2. The Balaban J connectivity index is 3.21. The predicted octanol–water partition coefficient (Wildman–Crippen LogP) is 1.87. The van der Waals surface area contributed by atoms with Crippen molar-refractivity contribution in [3.05, 3.63) is 26.9 Å². The first-order valence-electron chi connectivity index (χ1n) is 3.69. The van der Waals surface area contributed by atoms with E-state index < -0.39 is 11.5 Å². The lowest BCUT2D eigenvalue weighted by Gasteiger charge is -2.19. The maximum absolute atomic E-state index is 10.8. The minimum atomic E-state index is -1.42. The molecule has 0 unspecified atom stereocenters. The van der Waals surface area contributed by atoms with Crippen molar-refractivity contribution in [1.82, 2.24) is 4.98 Å². The van der Waals surface area contributed by atoms with E-state index >= 15 is 0 Å². The Morgan fingerprint density at radius 1 is 1.64 bits per heavy atom. The van der Waals surface area contributed by atoms with Crippen molar-refractivity contribution < 1.29 is 9.90 Å². The number of halogens is 2. The van der Waals surface area contributed by atoms with Gasteiger partial charge in [0.1, 0.15) is 10.1 Å². The summed E-state index contributed by atoms with van der Waals surface area (Å²) in [5.74, 6) is -1.09. The van der Waals surface area contributed by atoms with Crippen molar-refractivity contribution in [2.24, 2.45) is 5.73 Å². The lowest BCUT2D eigenvalue weighted by Crippen LogP contribution is -2.41. The van der Waals surface area contributed by atoms with Crippen LogP contribution in [0.5, 0.6) is 0 Å². The maximum atomic E-state index is 10.8. The third kappa shape index (κ3) is 2.13. The summed E-state index contributed by atoms with van der Waals surface area (Å²) in [7, 11) is 0. The van der Waals surface area contributed by atoms with Crippen molar-refractivity contribution in [3.63, 3.8) is 0 Å². The quantitative estimate of drug-likeness (QED) is 0.815. The normalized spacial score (nSPS) is 14.9. The molecule has 1 atom stereocenters. The van der Waals surface area contributed by atoms with Crippen LogP contribution in [0, 0.1) is 0 Å². The fourth-order valence-corrected chi connectivity index (χ4v) is 1.39. The molecular weight excluding hydrogens is 316 g/mol. The summed E-state index contributed by atoms with van der Waals surface area (Å²) in [6.45, 7) is 1.42. The number of carboxylic acid groups (broad SMARTS) is 1. The molecule has 1 heterocycles. The predicted molar refractivity (Wildman–Crippen MR) is 58.8 cm³/mol. The Hall–Kier alpha value is -0.460. The van der Waals surface area contributed by atoms with E-state index in [0.29, 0.717) is 14.6 Å². The summed E-state index contributed by atoms with van der Waals surface area (Å²) in [4.78, 5) is 14.8. The standard InChI is InChI=1S/C8H8Br2N2O2/c1-8(11,7(13)14)4-2-5(9)6(10)12-3-4/h2-3H,11H2,1H3,(H,13,14)/t8-/m1/s1. The van der Waals surface area contributed by atoms with E-state index in [1.807, 2.05) is 0 Å². The number of nitrogens with zero attached hydrogens (tertiary/aromatic N) is 1. The van der Waals surface area contributed by atoms with Crippen molar-refractivity contribution >= 4 is 37.8 Å². The van der Waals surface area contributed by atoms with Crippen molar-refractivity contribution in [3.8, 4) is 0 Å². The molecule has 1 aromatic rings. The van der Waals surface area contributed by atoms with Gasteiger partial charge >= 0.3 is 5.97 Å². The van der Waals surface area contributed by atoms with Gasteiger partial charge in [-0.3, -0.25) is 0 Å². The van der Waals surface area contributed by atoms with Crippen LogP contribution in [0.15, 0.2) is 21.3 Å². The summed E-state index contributed by atoms with van der Waals surface area (Å²) in [5, 5.41) is 8.88. The summed E-state index contributed by atoms with van der Waals surface area (Å²) in [6.07, 6.45) is 1.43. The Morgan fingerprint density at radius 3 is 2.64 bits per heavy atom. The lowest BCUT2D eigenvalue weighted by molar-refractivity contribution is -0.143. The zero-order chi connectivity index (χ0) is 10.9. The number of rotatable bonds is 2. The van der Waals surface area contributed by atoms with Gasteiger partial charge in [-0.2, -0.15) is 0 Å². The highest BCUT2D eigenvalue weighted by Gasteiger charge is 2.30. The fraction of sp³-hybridized carbons (Fsp3) is 0.250. The third-order valence-electron chi connectivity index (χ3n) is 1.84. The summed E-state index contributed by atoms with van der Waals surface area (Å²) < 4.78 is 1.29. The molecule has 0 aliphatic carbocycles. The van der Waals surface area contributed by atoms with Crippen LogP contribution in [0.25, 0.3) is 0 Å². The number of nitrogens with two attached hydrogens (primary N) is 1. The molecule has 0 radical (unpaired) electrons. The Morgan fingerprint density at radius 2 is 2.21 bits per heavy atom. The first-order valence-corrected chi connectivity index (χ1v) is 5.28. The van der Waals surface area contributed by atoms with E-state index in [1.54, 1.807) is 6.07 Å². The van der Waals surface area contributed by atoms with E-state index in [0.717, 1.165) is 0 Å². The Labute approximate surface area is 97.8 Å². The number of aliphatic carboxylic acids is 1. The number of carbonyl (C=O) groups is 1. The van der Waals surface area contributed by atoms with Crippen LogP contribution >= 0.6 is 31.9 Å². The summed E-state index contributed by atoms with van der Waals surface area (Å²) >= 11 is 6.42. The maximum Gasteiger partial charge on any atom is 0.328 e. The molecule has 0 aliphatic heterocycles. The molecule has 4 nitrogen and oxygen atoms in total. The molecule has 0 amide bonds. The topological polar surface area (TPSA) is 76.2 Å². The van der Waals surface area contributed by atoms with Gasteiger partial charge < -0.3 is 10.8 Å². The van der Waals surface area contributed by atoms with E-state index in [1.165, 1.54) is 13.1 Å². The number of pyridine rings is 1. The lowest BCUT2D eigenvalue weighted by atomic mass is 9.95. The fourth-order valence-electron chi connectivity index (χ4n) is 0.829. The van der Waals surface area contributed by atoms with Crippen LogP contribution in [0.4, 0.5) is 0 Å². The van der Waals surface area contributed by atoms with Gasteiger partial charge in [0.05, 0.1) is 4.47 Å². The first-order chi connectivity index (χ1) is 6.35. The minimum absolute atomic E-state index is 0.445. The molecule has 0 bridgehead atoms. The number of hydrogen-bond donors (Lipinski definition) is 2. The SMILES string of the molecule is C[C@](N)(C(=O)O)c1cnc(Br)c(Br)c1. The smallest absolute Gasteiger partial charge is 0.328 e. The van der Waals surface area contributed by atoms with Gasteiger partial charge in [-0.1, -0.05) is 0 Å². The van der Waals surface area contributed by atoms with Gasteiger partial charge in [-0.05, 0) is 44.8 Å². The molecule has 0 aromatic carbocycles. The Kier molecular flexibility index (Phi) is 3.28. The zero-order valence-corrected chi connectivity index (χ0v) is 10.5. The van der Waals surface area contributed by atoms with E-state index in [9.17, 15) is 4.79 Å². The largest absolute Gasteiger partial charge is 0.480 e. The van der Waals surface area contributed by atoms with Crippen molar-refractivity contribution in [1.29, 1.82) is 0 Å². The highest BCUT2D eigenvalue weighted by atomic mass is 79.9. The second-order valence-electron chi connectivity index (χ2n) is 3.00. The monoisotopic (exact) mass is 322 g/mol. The molecule has 3 N–H and O–H groups in total. The Bertz CT molecular complexity index is 380. The third-order valence-corrected chi connectivity index (χ3v) is 3.61. The molecule has 6 heteroatoms. The van der Waals surface area contributed by atoms with E-state index in [2.05, 4.69) is 36.8 Å². The zero-order valence-electron chi connectivity index (χ0n) is 7.29. The molecule has 0 aliphatic rings. The number of hydrogen-bond acceptors (Lipinski definition) is 3. The van der Waals surface area contributed by atoms with Crippen LogP contribution < -0.4 is 5.73 Å². The van der Waals surface area contributed by atoms with Gasteiger partial charge in [0.2, 0.25) is 0 Å². The molecule has 0 saturated heterocycles. The van der Waals surface area contributed by atoms with Crippen LogP contribution in [0.1, 0.15) is 12.5 Å². The molecule has 76 valence electrons. The van der Waals surface area contributed by atoms with E-state index in [4.69, 9.17) is 10.8 Å². The average molecular weight is 324 g/mol. The molecule has 14 heavy (non-hydrogen) atoms. The van der Waals surface area contributed by atoms with Gasteiger partial charge in [0.15, 0.2) is 0 Å². The highest BCUT2D eigenvalue weighted by Crippen LogP contribution is 2.25. The second kappa shape index (κ2) is 3.96. The number of aromatic nitrogens is 1. The van der Waals surface area contributed by atoms with Gasteiger partial charge in [-0.25, -0.2) is 9.78 Å². The van der Waals surface area contributed by atoms with Gasteiger partial charge in [0.25, 0.3) is 0 Å². The molecule has 1 rings (SSSR count). The summed E-state index contributed by atoms with van der Waals surface area (Å²) in [5.41, 5.74) is 4.65. The van der Waals surface area contributed by atoms with E-state index in [-0.39, 0.29) is 0 Å². The van der Waals surface area contributed by atoms with Crippen LogP contribution in [-0.4, -0.2) is 16.1 Å². The summed E-state index contributed by atoms with van der Waals surface area (Å²) in [6, 6.07) is 1.63. The van der Waals surface area contributed by atoms with Crippen molar-refractivity contribution in [2.75, 3.05) is 0 Å².